The molecule has 0 radical (unpaired) electrons. The van der Waals surface area contributed by atoms with Crippen molar-refractivity contribution in [3.05, 3.63) is 46.6 Å². The molecule has 3 aromatic rings. The molecule has 166 valence electrons. The number of hydrogen-bond acceptors (Lipinski definition) is 7. The van der Waals surface area contributed by atoms with Crippen molar-refractivity contribution in [1.82, 2.24) is 24.1 Å². The van der Waals surface area contributed by atoms with Crippen LogP contribution in [-0.2, 0) is 11.8 Å². The zero-order chi connectivity index (χ0) is 21.9. The average molecular weight is 436 g/mol. The molecule has 0 aromatic carbocycles. The number of nitrogens with zero attached hydrogens (tertiary/aromatic N) is 6. The number of aromatic nitrogens is 4. The van der Waals surface area contributed by atoms with Crippen LogP contribution in [0.1, 0.15) is 23.2 Å². The van der Waals surface area contributed by atoms with Gasteiger partial charge < -0.3 is 19.3 Å². The third-order valence-corrected chi connectivity index (χ3v) is 6.64. The maximum absolute atomic E-state index is 13.2. The molecule has 2 fully saturated rings. The van der Waals surface area contributed by atoms with E-state index in [0.29, 0.717) is 35.9 Å². The first kappa shape index (κ1) is 19.3. The third-order valence-electron chi connectivity index (χ3n) is 6.64. The van der Waals surface area contributed by atoms with Crippen LogP contribution in [0.3, 0.4) is 0 Å². The minimum absolute atomic E-state index is 0.0127. The molecule has 3 aliphatic heterocycles. The van der Waals surface area contributed by atoms with Crippen LogP contribution < -0.4 is 15.3 Å². The van der Waals surface area contributed by atoms with Gasteiger partial charge in [0.1, 0.15) is 6.61 Å². The lowest BCUT2D eigenvalue weighted by Gasteiger charge is -2.48. The van der Waals surface area contributed by atoms with Gasteiger partial charge >= 0.3 is 5.69 Å². The fourth-order valence-corrected chi connectivity index (χ4v) is 4.89. The maximum atomic E-state index is 13.2. The largest absolute Gasteiger partial charge is 0.488 e. The molecule has 0 N–H and O–H groups in total. The van der Waals surface area contributed by atoms with E-state index in [0.717, 1.165) is 44.8 Å². The average Bonchev–Trinajstić information content (AvgIpc) is 3.09. The highest BCUT2D eigenvalue weighted by molar-refractivity contribution is 5.95. The Morgan fingerprint density at radius 1 is 1.22 bits per heavy atom. The topological polar surface area (TPSA) is 94.2 Å². The van der Waals surface area contributed by atoms with Gasteiger partial charge in [0.05, 0.1) is 25.3 Å². The Morgan fingerprint density at radius 3 is 2.91 bits per heavy atom. The first-order valence-electron chi connectivity index (χ1n) is 10.9. The van der Waals surface area contributed by atoms with Crippen LogP contribution in [0.25, 0.3) is 5.65 Å². The molecule has 3 aliphatic rings. The molecule has 0 atom stereocenters. The fourth-order valence-electron chi connectivity index (χ4n) is 4.89. The van der Waals surface area contributed by atoms with Gasteiger partial charge in [0.15, 0.2) is 17.2 Å². The van der Waals surface area contributed by atoms with Crippen molar-refractivity contribution in [2.24, 2.45) is 12.5 Å². The minimum atomic E-state index is -0.192. The van der Waals surface area contributed by atoms with Gasteiger partial charge in [-0.15, -0.1) is 0 Å². The zero-order valence-corrected chi connectivity index (χ0v) is 17.9. The van der Waals surface area contributed by atoms with Crippen molar-refractivity contribution in [3.63, 3.8) is 0 Å². The second-order valence-corrected chi connectivity index (χ2v) is 8.89. The van der Waals surface area contributed by atoms with Crippen molar-refractivity contribution >= 4 is 23.1 Å². The number of carbonyl (C=O) groups is 1. The number of piperidine rings is 1. The van der Waals surface area contributed by atoms with Crippen LogP contribution in [-0.4, -0.2) is 69.4 Å². The van der Waals surface area contributed by atoms with Crippen molar-refractivity contribution in [2.45, 2.75) is 12.8 Å². The predicted octanol–water partition coefficient (Wildman–Crippen LogP) is 1.21. The summed E-state index contributed by atoms with van der Waals surface area (Å²) < 4.78 is 14.1. The van der Waals surface area contributed by atoms with Gasteiger partial charge in [0, 0.05) is 49.7 Å². The smallest absolute Gasteiger partial charge is 0.350 e. The molecule has 6 rings (SSSR count). The van der Waals surface area contributed by atoms with Gasteiger partial charge in [0.25, 0.3) is 5.91 Å². The molecule has 1 spiro atoms. The maximum Gasteiger partial charge on any atom is 0.350 e. The summed E-state index contributed by atoms with van der Waals surface area (Å²) in [6.45, 7) is 4.05. The molecule has 6 heterocycles. The molecule has 0 unspecified atom stereocenters. The summed E-state index contributed by atoms with van der Waals surface area (Å²) in [5, 5.41) is 4.27. The summed E-state index contributed by atoms with van der Waals surface area (Å²) in [5.74, 6) is 1.22. The van der Waals surface area contributed by atoms with Crippen LogP contribution in [0.2, 0.25) is 0 Å². The number of anilines is 2. The van der Waals surface area contributed by atoms with Crippen LogP contribution in [0.4, 0.5) is 11.5 Å². The zero-order valence-electron chi connectivity index (χ0n) is 17.9. The molecule has 3 aromatic heterocycles. The highest BCUT2D eigenvalue weighted by Crippen LogP contribution is 2.38. The van der Waals surface area contributed by atoms with Crippen molar-refractivity contribution in [2.75, 3.05) is 44.4 Å². The molecule has 2 saturated heterocycles. The van der Waals surface area contributed by atoms with E-state index in [1.165, 1.54) is 9.08 Å². The van der Waals surface area contributed by atoms with Crippen LogP contribution >= 0.6 is 0 Å². The van der Waals surface area contributed by atoms with Crippen LogP contribution in [0.15, 0.2) is 35.4 Å². The van der Waals surface area contributed by atoms with Gasteiger partial charge in [-0.25, -0.2) is 14.5 Å². The van der Waals surface area contributed by atoms with Crippen molar-refractivity contribution in [3.8, 4) is 5.75 Å². The third kappa shape index (κ3) is 2.97. The number of carbonyl (C=O) groups excluding carboxylic acids is 1. The summed E-state index contributed by atoms with van der Waals surface area (Å²) in [4.78, 5) is 33.8. The molecule has 0 aliphatic carbocycles. The number of likely N-dealkylation sites (tertiary alicyclic amines) is 1. The molecule has 10 nitrogen and oxygen atoms in total. The Balaban J connectivity index is 1.29. The van der Waals surface area contributed by atoms with E-state index in [9.17, 15) is 9.59 Å². The molecular formula is C22H24N6O4. The standard InChI is InChI=1S/C22H24N6O4/c1-25-21(30)28-6-3-16(10-18(28)24-25)27-7-8-32-17-9-15(11-23-19(17)27)20(29)26-5-2-4-22(12-26)13-31-14-22/h3,6,9-11H,2,4-5,7-8,12-14H2,1H3. The van der Waals surface area contributed by atoms with E-state index in [-0.39, 0.29) is 17.0 Å². The molecule has 10 heteroatoms. The van der Waals surface area contributed by atoms with E-state index in [4.69, 9.17) is 9.47 Å². The molecule has 1 amide bonds. The number of amides is 1. The Hall–Kier alpha value is -3.40. The van der Waals surface area contributed by atoms with Gasteiger partial charge in [-0.3, -0.25) is 9.20 Å². The first-order valence-corrected chi connectivity index (χ1v) is 10.9. The molecule has 0 saturated carbocycles. The molecular weight excluding hydrogens is 412 g/mol. The van der Waals surface area contributed by atoms with Gasteiger partial charge in [0.2, 0.25) is 0 Å². The van der Waals surface area contributed by atoms with Crippen molar-refractivity contribution < 1.29 is 14.3 Å². The fraction of sp³-hybridized carbons (Fsp3) is 0.455. The number of rotatable bonds is 2. The lowest BCUT2D eigenvalue weighted by atomic mass is 9.78. The number of ether oxygens (including phenoxy) is 2. The van der Waals surface area contributed by atoms with E-state index < -0.39 is 0 Å². The first-order chi connectivity index (χ1) is 15.5. The summed E-state index contributed by atoms with van der Waals surface area (Å²) >= 11 is 0. The van der Waals surface area contributed by atoms with Crippen LogP contribution in [0, 0.1) is 5.41 Å². The second-order valence-electron chi connectivity index (χ2n) is 8.89. The number of hydrogen-bond donors (Lipinski definition) is 0. The Kier molecular flexibility index (Phi) is 4.26. The van der Waals surface area contributed by atoms with Gasteiger partial charge in [-0.2, -0.15) is 5.10 Å². The lowest BCUT2D eigenvalue weighted by Crippen LogP contribution is -2.55. The Morgan fingerprint density at radius 2 is 2.09 bits per heavy atom. The monoisotopic (exact) mass is 436 g/mol. The second kappa shape index (κ2) is 7.06. The van der Waals surface area contributed by atoms with E-state index >= 15 is 0 Å². The van der Waals surface area contributed by atoms with Crippen LogP contribution in [0.5, 0.6) is 5.75 Å². The SMILES string of the molecule is Cn1nc2cc(N3CCOc4cc(C(=O)N5CCCC6(COC6)C5)cnc43)ccn2c1=O. The van der Waals surface area contributed by atoms with E-state index in [1.54, 1.807) is 25.5 Å². The highest BCUT2D eigenvalue weighted by Gasteiger charge is 2.43. The normalized spacial score (nSPS) is 19.5. The highest BCUT2D eigenvalue weighted by atomic mass is 16.5. The summed E-state index contributed by atoms with van der Waals surface area (Å²) in [6, 6.07) is 5.50. The molecule has 32 heavy (non-hydrogen) atoms. The number of fused-ring (bicyclic) bond motifs is 2. The number of aryl methyl sites for hydroxylation is 1. The quantitative estimate of drug-likeness (QED) is 0.596. The Labute approximate surface area is 184 Å². The van der Waals surface area contributed by atoms with E-state index in [1.807, 2.05) is 21.9 Å². The summed E-state index contributed by atoms with van der Waals surface area (Å²) in [7, 11) is 1.63. The Bertz CT molecular complexity index is 1280. The van der Waals surface area contributed by atoms with Gasteiger partial charge in [-0.1, -0.05) is 0 Å². The summed E-state index contributed by atoms with van der Waals surface area (Å²) in [5.41, 5.74) is 1.91. The summed E-state index contributed by atoms with van der Waals surface area (Å²) in [6.07, 6.45) is 5.45. The molecule has 0 bridgehead atoms. The minimum Gasteiger partial charge on any atom is -0.488 e. The lowest BCUT2D eigenvalue weighted by molar-refractivity contribution is -0.138. The predicted molar refractivity (Wildman–Crippen MR) is 116 cm³/mol. The van der Waals surface area contributed by atoms with E-state index in [2.05, 4.69) is 10.1 Å². The van der Waals surface area contributed by atoms with Crippen molar-refractivity contribution in [1.29, 1.82) is 0 Å². The number of pyridine rings is 2. The van der Waals surface area contributed by atoms with Gasteiger partial charge in [-0.05, 0) is 25.0 Å².